The van der Waals surface area contributed by atoms with Gasteiger partial charge in [-0.3, -0.25) is 0 Å². The van der Waals surface area contributed by atoms with Gasteiger partial charge in [0, 0.05) is 5.56 Å². The monoisotopic (exact) mass is 275 g/mol. The summed E-state index contributed by atoms with van der Waals surface area (Å²) in [7, 11) is 0. The van der Waals surface area contributed by atoms with E-state index >= 15 is 0 Å². The molecule has 1 aromatic heterocycles. The van der Waals surface area contributed by atoms with Gasteiger partial charge in [0.25, 0.3) is 0 Å². The van der Waals surface area contributed by atoms with E-state index in [4.69, 9.17) is 9.15 Å². The summed E-state index contributed by atoms with van der Waals surface area (Å²) in [6.07, 6.45) is 0.136. The lowest BCUT2D eigenvalue weighted by molar-refractivity contribution is 0.242. The van der Waals surface area contributed by atoms with Gasteiger partial charge in [-0.1, -0.05) is 13.0 Å². The molecule has 0 fully saturated rings. The van der Waals surface area contributed by atoms with Gasteiger partial charge in [0.15, 0.2) is 0 Å². The predicted molar refractivity (Wildman–Crippen MR) is 77.6 cm³/mol. The van der Waals surface area contributed by atoms with Crippen molar-refractivity contribution in [2.75, 3.05) is 6.54 Å². The molecule has 1 aromatic carbocycles. The highest BCUT2D eigenvalue weighted by Crippen LogP contribution is 2.24. The number of ether oxygens (including phenoxy) is 1. The molecule has 1 N–H and O–H groups in total. The molecule has 2 rings (SSSR count). The molecule has 0 aliphatic heterocycles. The second-order valence-corrected chi connectivity index (χ2v) is 4.92. The summed E-state index contributed by atoms with van der Waals surface area (Å²) in [5.41, 5.74) is 0.866. The number of rotatable bonds is 6. The Morgan fingerprint density at radius 1 is 1.25 bits per heavy atom. The molecule has 0 amide bonds. The Morgan fingerprint density at radius 3 is 2.75 bits per heavy atom. The van der Waals surface area contributed by atoms with Gasteiger partial charge in [-0.15, -0.1) is 10.2 Å². The van der Waals surface area contributed by atoms with Crippen molar-refractivity contribution < 1.29 is 9.15 Å². The lowest BCUT2D eigenvalue weighted by Crippen LogP contribution is -2.17. The standard InChI is InChI=1S/C15H21N3O2/c1-5-16-11(4)14-17-18-15(20-14)12-7-6-8-13(9-12)19-10(2)3/h6-11,16H,5H2,1-4H3. The molecule has 2 aromatic rings. The van der Waals surface area contributed by atoms with Gasteiger partial charge in [0.05, 0.1) is 12.1 Å². The van der Waals surface area contributed by atoms with Crippen LogP contribution in [0.3, 0.4) is 0 Å². The van der Waals surface area contributed by atoms with E-state index in [1.54, 1.807) is 0 Å². The molecule has 0 radical (unpaired) electrons. The number of hydrogen-bond acceptors (Lipinski definition) is 5. The number of hydrogen-bond donors (Lipinski definition) is 1. The van der Waals surface area contributed by atoms with E-state index in [0.717, 1.165) is 17.9 Å². The zero-order chi connectivity index (χ0) is 14.5. The maximum Gasteiger partial charge on any atom is 0.247 e. The van der Waals surface area contributed by atoms with Crippen LogP contribution in [0.4, 0.5) is 0 Å². The van der Waals surface area contributed by atoms with Crippen LogP contribution in [0.2, 0.25) is 0 Å². The topological polar surface area (TPSA) is 60.2 Å². The fourth-order valence-electron chi connectivity index (χ4n) is 1.89. The van der Waals surface area contributed by atoms with Gasteiger partial charge in [0.2, 0.25) is 11.8 Å². The van der Waals surface area contributed by atoms with Crippen LogP contribution in [-0.2, 0) is 0 Å². The third kappa shape index (κ3) is 3.57. The Hall–Kier alpha value is -1.88. The molecule has 0 saturated heterocycles. The molecule has 1 atom stereocenters. The minimum atomic E-state index is 0.0522. The minimum absolute atomic E-state index is 0.0522. The summed E-state index contributed by atoms with van der Waals surface area (Å²) >= 11 is 0. The Balaban J connectivity index is 2.19. The Morgan fingerprint density at radius 2 is 2.05 bits per heavy atom. The smallest absolute Gasteiger partial charge is 0.247 e. The number of nitrogens with zero attached hydrogens (tertiary/aromatic N) is 2. The van der Waals surface area contributed by atoms with Crippen LogP contribution in [0.25, 0.3) is 11.5 Å². The summed E-state index contributed by atoms with van der Waals surface area (Å²) in [5.74, 6) is 1.91. The zero-order valence-corrected chi connectivity index (χ0v) is 12.4. The lowest BCUT2D eigenvalue weighted by atomic mass is 10.2. The van der Waals surface area contributed by atoms with Crippen molar-refractivity contribution in [2.24, 2.45) is 0 Å². The molecule has 20 heavy (non-hydrogen) atoms. The van der Waals surface area contributed by atoms with Gasteiger partial charge >= 0.3 is 0 Å². The SMILES string of the molecule is CCNC(C)c1nnc(-c2cccc(OC(C)C)c2)o1. The largest absolute Gasteiger partial charge is 0.491 e. The summed E-state index contributed by atoms with van der Waals surface area (Å²) in [6, 6.07) is 7.74. The average molecular weight is 275 g/mol. The number of aromatic nitrogens is 2. The van der Waals surface area contributed by atoms with Crippen LogP contribution in [0.5, 0.6) is 5.75 Å². The van der Waals surface area contributed by atoms with E-state index < -0.39 is 0 Å². The van der Waals surface area contributed by atoms with Crippen LogP contribution < -0.4 is 10.1 Å². The maximum atomic E-state index is 5.70. The summed E-state index contributed by atoms with van der Waals surface area (Å²) in [5, 5.41) is 11.4. The second kappa shape index (κ2) is 6.52. The minimum Gasteiger partial charge on any atom is -0.491 e. The first-order chi connectivity index (χ1) is 9.60. The first-order valence-corrected chi connectivity index (χ1v) is 6.94. The van der Waals surface area contributed by atoms with Gasteiger partial charge < -0.3 is 14.5 Å². The van der Waals surface area contributed by atoms with Crippen molar-refractivity contribution in [1.82, 2.24) is 15.5 Å². The van der Waals surface area contributed by atoms with Gasteiger partial charge in [0.1, 0.15) is 5.75 Å². The Labute approximate surface area is 119 Å². The summed E-state index contributed by atoms with van der Waals surface area (Å²) < 4.78 is 11.4. The van der Waals surface area contributed by atoms with Gasteiger partial charge in [-0.2, -0.15) is 0 Å². The normalized spacial score (nSPS) is 12.7. The van der Waals surface area contributed by atoms with Crippen LogP contribution in [0.1, 0.15) is 39.6 Å². The molecule has 0 spiro atoms. The highest BCUT2D eigenvalue weighted by atomic mass is 16.5. The maximum absolute atomic E-state index is 5.70. The summed E-state index contributed by atoms with van der Waals surface area (Å²) in [6.45, 7) is 8.89. The van der Waals surface area contributed by atoms with E-state index in [2.05, 4.69) is 15.5 Å². The molecule has 0 aliphatic rings. The molecule has 0 bridgehead atoms. The predicted octanol–water partition coefficient (Wildman–Crippen LogP) is 3.19. The van der Waals surface area contributed by atoms with E-state index in [1.165, 1.54) is 0 Å². The third-order valence-electron chi connectivity index (χ3n) is 2.77. The third-order valence-corrected chi connectivity index (χ3v) is 2.77. The molecule has 1 heterocycles. The quantitative estimate of drug-likeness (QED) is 0.877. The first-order valence-electron chi connectivity index (χ1n) is 6.94. The second-order valence-electron chi connectivity index (χ2n) is 4.92. The first kappa shape index (κ1) is 14.5. The van der Waals surface area contributed by atoms with Crippen LogP contribution in [0, 0.1) is 0 Å². The van der Waals surface area contributed by atoms with E-state index in [0.29, 0.717) is 11.8 Å². The van der Waals surface area contributed by atoms with Crippen molar-refractivity contribution in [3.05, 3.63) is 30.2 Å². The Kier molecular flexibility index (Phi) is 4.74. The highest BCUT2D eigenvalue weighted by molar-refractivity contribution is 5.55. The highest BCUT2D eigenvalue weighted by Gasteiger charge is 2.14. The lowest BCUT2D eigenvalue weighted by Gasteiger charge is -2.09. The number of benzene rings is 1. The molecule has 5 heteroatoms. The van der Waals surface area contributed by atoms with Crippen molar-refractivity contribution in [3.63, 3.8) is 0 Å². The van der Waals surface area contributed by atoms with Crippen LogP contribution >= 0.6 is 0 Å². The van der Waals surface area contributed by atoms with Crippen molar-refractivity contribution >= 4 is 0 Å². The Bertz CT molecular complexity index is 552. The van der Waals surface area contributed by atoms with E-state index in [9.17, 15) is 0 Å². The van der Waals surface area contributed by atoms with Gasteiger partial charge in [-0.25, -0.2) is 0 Å². The van der Waals surface area contributed by atoms with Crippen molar-refractivity contribution in [1.29, 1.82) is 0 Å². The van der Waals surface area contributed by atoms with Crippen LogP contribution in [-0.4, -0.2) is 22.8 Å². The molecule has 108 valence electrons. The molecule has 0 saturated carbocycles. The zero-order valence-electron chi connectivity index (χ0n) is 12.4. The van der Waals surface area contributed by atoms with Crippen molar-refractivity contribution in [2.45, 2.75) is 39.8 Å². The number of nitrogens with one attached hydrogen (secondary N) is 1. The summed E-state index contributed by atoms with van der Waals surface area (Å²) in [4.78, 5) is 0. The molecule has 5 nitrogen and oxygen atoms in total. The van der Waals surface area contributed by atoms with E-state index in [-0.39, 0.29) is 12.1 Å². The molecule has 1 unspecified atom stereocenters. The average Bonchev–Trinajstić information content (AvgIpc) is 2.88. The fourth-order valence-corrected chi connectivity index (χ4v) is 1.89. The molecule has 0 aliphatic carbocycles. The van der Waals surface area contributed by atoms with Crippen molar-refractivity contribution in [3.8, 4) is 17.2 Å². The molecular formula is C15H21N3O2. The van der Waals surface area contributed by atoms with Crippen LogP contribution in [0.15, 0.2) is 28.7 Å². The van der Waals surface area contributed by atoms with Gasteiger partial charge in [-0.05, 0) is 45.5 Å². The van der Waals surface area contributed by atoms with E-state index in [1.807, 2.05) is 52.0 Å². The fraction of sp³-hybridized carbons (Fsp3) is 0.467. The molecular weight excluding hydrogens is 254 g/mol.